The van der Waals surface area contributed by atoms with E-state index in [-0.39, 0.29) is 23.8 Å². The smallest absolute Gasteiger partial charge is 0.312 e. The third kappa shape index (κ3) is 3.97. The molecule has 1 N–H and O–H groups in total. The van der Waals surface area contributed by atoms with Crippen LogP contribution in [0, 0.1) is 40.0 Å². The molecule has 0 fully saturated rings. The summed E-state index contributed by atoms with van der Waals surface area (Å²) in [5.74, 6) is -0.822. The molecule has 10 nitrogen and oxygen atoms in total. The average Bonchev–Trinajstić information content (AvgIpc) is 2.81. The van der Waals surface area contributed by atoms with Crippen molar-refractivity contribution in [1.29, 1.82) is 0 Å². The van der Waals surface area contributed by atoms with Crippen LogP contribution in [0.25, 0.3) is 0 Å². The third-order valence-electron chi connectivity index (χ3n) is 3.77. The first-order chi connectivity index (χ1) is 11.7. The van der Waals surface area contributed by atoms with Gasteiger partial charge in [0.25, 0.3) is 5.69 Å². The first-order valence-electron chi connectivity index (χ1n) is 7.44. The minimum atomic E-state index is -0.524. The summed E-state index contributed by atoms with van der Waals surface area (Å²) in [5, 5.41) is 28.4. The molecule has 0 bridgehead atoms. The Morgan fingerprint density at radius 1 is 1.20 bits per heavy atom. The molecule has 0 saturated carbocycles. The largest absolute Gasteiger partial charge is 0.326 e. The molecule has 1 amide bonds. The van der Waals surface area contributed by atoms with E-state index in [1.165, 1.54) is 28.9 Å². The van der Waals surface area contributed by atoms with Crippen LogP contribution >= 0.6 is 0 Å². The number of nitro groups is 2. The molecule has 0 aliphatic carbocycles. The van der Waals surface area contributed by atoms with Crippen molar-refractivity contribution >= 4 is 23.0 Å². The molecule has 1 atom stereocenters. The fourth-order valence-electron chi connectivity index (χ4n) is 2.40. The van der Waals surface area contributed by atoms with Crippen molar-refractivity contribution in [1.82, 2.24) is 9.78 Å². The van der Waals surface area contributed by atoms with E-state index in [4.69, 9.17) is 0 Å². The molecule has 0 radical (unpaired) electrons. The topological polar surface area (TPSA) is 133 Å². The van der Waals surface area contributed by atoms with Crippen LogP contribution in [0.5, 0.6) is 0 Å². The predicted octanol–water partition coefficient (Wildman–Crippen LogP) is 2.59. The van der Waals surface area contributed by atoms with Crippen molar-refractivity contribution in [3.63, 3.8) is 0 Å². The molecular formula is C15H17N5O5. The van der Waals surface area contributed by atoms with Crippen LogP contribution < -0.4 is 5.32 Å². The number of hydrogen-bond acceptors (Lipinski definition) is 6. The van der Waals surface area contributed by atoms with Gasteiger partial charge in [0, 0.05) is 17.8 Å². The van der Waals surface area contributed by atoms with Gasteiger partial charge in [0.2, 0.25) is 5.91 Å². The van der Waals surface area contributed by atoms with Gasteiger partial charge in [-0.2, -0.15) is 5.10 Å². The van der Waals surface area contributed by atoms with E-state index in [1.807, 2.05) is 0 Å². The number of rotatable bonds is 6. The molecule has 0 aliphatic rings. The maximum absolute atomic E-state index is 12.3. The number of aryl methyl sites for hydroxylation is 1. The summed E-state index contributed by atoms with van der Waals surface area (Å²) in [5.41, 5.74) is 0.994. The lowest BCUT2D eigenvalue weighted by molar-refractivity contribution is -0.386. The van der Waals surface area contributed by atoms with Crippen LogP contribution in [0.2, 0.25) is 0 Å². The van der Waals surface area contributed by atoms with Crippen LogP contribution in [-0.2, 0) is 11.3 Å². The van der Waals surface area contributed by atoms with Crippen molar-refractivity contribution in [3.8, 4) is 0 Å². The summed E-state index contributed by atoms with van der Waals surface area (Å²) < 4.78 is 1.44. The number of non-ortho nitro benzene ring substituents is 1. The second-order valence-electron chi connectivity index (χ2n) is 5.65. The number of carbonyl (C=O) groups excluding carboxylic acids is 1. The van der Waals surface area contributed by atoms with E-state index >= 15 is 0 Å². The van der Waals surface area contributed by atoms with Crippen LogP contribution in [0.1, 0.15) is 18.3 Å². The molecule has 0 aliphatic heterocycles. The van der Waals surface area contributed by atoms with Crippen molar-refractivity contribution in [3.05, 3.63) is 55.9 Å². The van der Waals surface area contributed by atoms with E-state index in [1.54, 1.807) is 20.8 Å². The lowest BCUT2D eigenvalue weighted by Gasteiger charge is -2.13. The highest BCUT2D eigenvalue weighted by molar-refractivity contribution is 5.92. The average molecular weight is 347 g/mol. The van der Waals surface area contributed by atoms with Crippen LogP contribution in [0.15, 0.2) is 24.3 Å². The first-order valence-corrected chi connectivity index (χ1v) is 7.44. The van der Waals surface area contributed by atoms with Crippen molar-refractivity contribution < 1.29 is 14.6 Å². The van der Waals surface area contributed by atoms with Gasteiger partial charge in [-0.1, -0.05) is 6.92 Å². The molecule has 1 unspecified atom stereocenters. The summed E-state index contributed by atoms with van der Waals surface area (Å²) >= 11 is 0. The Hall–Kier alpha value is -3.30. The fraction of sp³-hybridized carbons (Fsp3) is 0.333. The summed E-state index contributed by atoms with van der Waals surface area (Å²) in [6, 6.07) is 5.48. The maximum Gasteiger partial charge on any atom is 0.312 e. The van der Waals surface area contributed by atoms with E-state index < -0.39 is 15.8 Å². The van der Waals surface area contributed by atoms with Gasteiger partial charge < -0.3 is 5.32 Å². The Bertz CT molecular complexity index is 828. The molecular weight excluding hydrogens is 330 g/mol. The van der Waals surface area contributed by atoms with E-state index in [9.17, 15) is 25.0 Å². The van der Waals surface area contributed by atoms with Crippen molar-refractivity contribution in [2.24, 2.45) is 5.92 Å². The van der Waals surface area contributed by atoms with Crippen LogP contribution in [-0.4, -0.2) is 25.5 Å². The summed E-state index contributed by atoms with van der Waals surface area (Å²) in [6.45, 7) is 4.98. The van der Waals surface area contributed by atoms with E-state index in [0.717, 1.165) is 0 Å². The highest BCUT2D eigenvalue weighted by atomic mass is 16.6. The first kappa shape index (κ1) is 18.0. The SMILES string of the molecule is Cc1nn(CC(C)C(=O)Nc2ccc([N+](=O)[O-])cc2)c(C)c1[N+](=O)[O-]. The number of carbonyl (C=O) groups is 1. The number of aromatic nitrogens is 2. The normalized spacial score (nSPS) is 11.8. The number of nitrogens with zero attached hydrogens (tertiary/aromatic N) is 4. The zero-order valence-electron chi connectivity index (χ0n) is 13.9. The van der Waals surface area contributed by atoms with Gasteiger partial charge in [-0.3, -0.25) is 29.7 Å². The van der Waals surface area contributed by atoms with Gasteiger partial charge in [0.1, 0.15) is 11.4 Å². The monoisotopic (exact) mass is 347 g/mol. The van der Waals surface area contributed by atoms with Crippen molar-refractivity contribution in [2.45, 2.75) is 27.3 Å². The Kier molecular flexibility index (Phi) is 5.11. The summed E-state index contributed by atoms with van der Waals surface area (Å²) in [4.78, 5) is 32.9. The standard InChI is InChI=1S/C15H17N5O5/c1-9(8-18-11(3)14(20(24)25)10(2)17-18)15(21)16-12-4-6-13(7-5-12)19(22)23/h4-7,9H,8H2,1-3H3,(H,16,21). The number of anilines is 1. The number of amides is 1. The quantitative estimate of drug-likeness (QED) is 0.630. The van der Waals surface area contributed by atoms with E-state index in [2.05, 4.69) is 10.4 Å². The molecule has 25 heavy (non-hydrogen) atoms. The lowest BCUT2D eigenvalue weighted by Crippen LogP contribution is -2.25. The second-order valence-corrected chi connectivity index (χ2v) is 5.65. The molecule has 0 spiro atoms. The van der Waals surface area contributed by atoms with Gasteiger partial charge in [-0.25, -0.2) is 0 Å². The third-order valence-corrected chi connectivity index (χ3v) is 3.77. The van der Waals surface area contributed by atoms with Crippen LogP contribution in [0.4, 0.5) is 17.1 Å². The molecule has 132 valence electrons. The molecule has 0 saturated heterocycles. The zero-order chi connectivity index (χ0) is 18.7. The van der Waals surface area contributed by atoms with Crippen molar-refractivity contribution in [2.75, 3.05) is 5.32 Å². The highest BCUT2D eigenvalue weighted by Crippen LogP contribution is 2.23. The van der Waals surface area contributed by atoms with Gasteiger partial charge >= 0.3 is 5.69 Å². The predicted molar refractivity (Wildman–Crippen MR) is 89.2 cm³/mol. The Morgan fingerprint density at radius 3 is 2.28 bits per heavy atom. The van der Waals surface area contributed by atoms with Gasteiger partial charge in [0.05, 0.1) is 22.3 Å². The number of nitro benzene ring substituents is 1. The minimum absolute atomic E-state index is 0.0528. The molecule has 2 rings (SSSR count). The Balaban J connectivity index is 2.07. The van der Waals surface area contributed by atoms with Crippen LogP contribution in [0.3, 0.4) is 0 Å². The Morgan fingerprint density at radius 2 is 1.80 bits per heavy atom. The maximum atomic E-state index is 12.3. The molecule has 1 aromatic carbocycles. The van der Waals surface area contributed by atoms with Gasteiger partial charge in [-0.15, -0.1) is 0 Å². The Labute approximate surface area is 142 Å². The zero-order valence-corrected chi connectivity index (χ0v) is 13.9. The molecule has 1 aromatic heterocycles. The molecule has 2 aromatic rings. The lowest BCUT2D eigenvalue weighted by atomic mass is 10.1. The molecule has 10 heteroatoms. The highest BCUT2D eigenvalue weighted by Gasteiger charge is 2.24. The fourth-order valence-corrected chi connectivity index (χ4v) is 2.40. The number of hydrogen-bond donors (Lipinski definition) is 1. The van der Waals surface area contributed by atoms with E-state index in [0.29, 0.717) is 17.1 Å². The van der Waals surface area contributed by atoms with Gasteiger partial charge in [-0.05, 0) is 26.0 Å². The number of nitrogens with one attached hydrogen (secondary N) is 1. The summed E-state index contributed by atoms with van der Waals surface area (Å²) in [7, 11) is 0. The summed E-state index contributed by atoms with van der Waals surface area (Å²) in [6.07, 6.45) is 0. The van der Waals surface area contributed by atoms with Gasteiger partial charge in [0.15, 0.2) is 0 Å². The molecule has 1 heterocycles. The second kappa shape index (κ2) is 7.07. The minimum Gasteiger partial charge on any atom is -0.326 e. The number of benzene rings is 1.